The number of likely N-dealkylation sites (tertiary alicyclic amines) is 1. The van der Waals surface area contributed by atoms with Crippen molar-refractivity contribution in [2.45, 2.75) is 77.4 Å². The molecule has 1 aliphatic carbocycles. The summed E-state index contributed by atoms with van der Waals surface area (Å²) in [6, 6.07) is 1.60. The van der Waals surface area contributed by atoms with Crippen LogP contribution in [0.25, 0.3) is 0 Å². The van der Waals surface area contributed by atoms with Gasteiger partial charge < -0.3 is 0 Å². The number of nitrogens with zero attached hydrogens (tertiary/aromatic N) is 1. The second kappa shape index (κ2) is 3.52. The van der Waals surface area contributed by atoms with Crippen molar-refractivity contribution in [1.29, 1.82) is 0 Å². The van der Waals surface area contributed by atoms with Crippen molar-refractivity contribution in [2.24, 2.45) is 5.92 Å². The van der Waals surface area contributed by atoms with Crippen LogP contribution < -0.4 is 0 Å². The summed E-state index contributed by atoms with van der Waals surface area (Å²) >= 11 is 0. The van der Waals surface area contributed by atoms with Gasteiger partial charge in [-0.1, -0.05) is 13.8 Å². The molecule has 82 valence electrons. The van der Waals surface area contributed by atoms with Gasteiger partial charge in [-0.2, -0.15) is 0 Å². The predicted molar refractivity (Wildman–Crippen MR) is 61.4 cm³/mol. The largest absolute Gasteiger partial charge is 0.292 e. The molecule has 1 nitrogen and oxygen atoms in total. The van der Waals surface area contributed by atoms with Gasteiger partial charge in [0.15, 0.2) is 0 Å². The van der Waals surface area contributed by atoms with E-state index in [1.165, 1.54) is 32.1 Å². The molecule has 2 fully saturated rings. The van der Waals surface area contributed by atoms with E-state index in [1.807, 2.05) is 0 Å². The monoisotopic (exact) mass is 195 g/mol. The number of hydrogen-bond donors (Lipinski definition) is 0. The van der Waals surface area contributed by atoms with Gasteiger partial charge in [-0.3, -0.25) is 4.90 Å². The lowest BCUT2D eigenvalue weighted by atomic mass is 9.74. The number of hydrogen-bond acceptors (Lipinski definition) is 1. The first-order chi connectivity index (χ1) is 6.57. The fourth-order valence-electron chi connectivity index (χ4n) is 3.71. The van der Waals surface area contributed by atoms with Crippen molar-refractivity contribution in [3.8, 4) is 0 Å². The maximum Gasteiger partial charge on any atom is 0.0216 e. The molecule has 1 spiro atoms. The Morgan fingerprint density at radius 3 is 2.07 bits per heavy atom. The van der Waals surface area contributed by atoms with Crippen LogP contribution in [0.1, 0.15) is 59.8 Å². The Morgan fingerprint density at radius 1 is 1.07 bits per heavy atom. The molecule has 1 heteroatoms. The highest BCUT2D eigenvalue weighted by Crippen LogP contribution is 2.50. The van der Waals surface area contributed by atoms with Gasteiger partial charge in [-0.15, -0.1) is 0 Å². The Kier molecular flexibility index (Phi) is 2.63. The minimum atomic E-state index is 0.642. The molecule has 14 heavy (non-hydrogen) atoms. The molecule has 1 heterocycles. The molecule has 0 bridgehead atoms. The Balaban J connectivity index is 2.16. The predicted octanol–water partition coefficient (Wildman–Crippen LogP) is 3.44. The normalized spacial score (nSPS) is 31.7. The second-order valence-corrected chi connectivity index (χ2v) is 5.93. The summed E-state index contributed by atoms with van der Waals surface area (Å²) in [4.78, 5) is 2.85. The van der Waals surface area contributed by atoms with Crippen LogP contribution in [0.15, 0.2) is 0 Å². The fraction of sp³-hybridized carbons (Fsp3) is 1.00. The van der Waals surface area contributed by atoms with Gasteiger partial charge in [0.2, 0.25) is 0 Å². The van der Waals surface area contributed by atoms with Gasteiger partial charge in [0.05, 0.1) is 0 Å². The van der Waals surface area contributed by atoms with Crippen LogP contribution in [0.2, 0.25) is 0 Å². The molecule has 0 radical (unpaired) electrons. The first-order valence-electron chi connectivity index (χ1n) is 6.35. The molecule has 2 rings (SSSR count). The summed E-state index contributed by atoms with van der Waals surface area (Å²) in [7, 11) is 0. The van der Waals surface area contributed by atoms with Crippen LogP contribution in [-0.4, -0.2) is 22.5 Å². The third-order valence-corrected chi connectivity index (χ3v) is 4.42. The van der Waals surface area contributed by atoms with Crippen LogP contribution in [-0.2, 0) is 0 Å². The van der Waals surface area contributed by atoms with Gasteiger partial charge in [0.25, 0.3) is 0 Å². The lowest BCUT2D eigenvalue weighted by Gasteiger charge is -2.50. The van der Waals surface area contributed by atoms with Crippen LogP contribution in [0.5, 0.6) is 0 Å². The molecular formula is C13H25N. The van der Waals surface area contributed by atoms with E-state index in [-0.39, 0.29) is 0 Å². The smallest absolute Gasteiger partial charge is 0.0216 e. The molecule has 2 aliphatic rings. The third kappa shape index (κ3) is 1.41. The van der Waals surface area contributed by atoms with E-state index in [2.05, 4.69) is 32.6 Å². The molecule has 0 N–H and O–H groups in total. The van der Waals surface area contributed by atoms with Crippen LogP contribution in [0.4, 0.5) is 0 Å². The molecule has 1 aliphatic heterocycles. The minimum absolute atomic E-state index is 0.642. The molecular weight excluding hydrogens is 170 g/mol. The Bertz CT molecular complexity index is 203. The van der Waals surface area contributed by atoms with E-state index in [1.54, 1.807) is 0 Å². The molecule has 1 saturated heterocycles. The molecule has 0 amide bonds. The molecule has 1 saturated carbocycles. The zero-order valence-corrected chi connectivity index (χ0v) is 10.2. The number of rotatable bonds is 2. The SMILES string of the molecule is CC(C)C1CCC2(CCC2)N1C(C)C. The molecule has 1 unspecified atom stereocenters. The van der Waals surface area contributed by atoms with Crippen molar-refractivity contribution in [3.63, 3.8) is 0 Å². The van der Waals surface area contributed by atoms with Gasteiger partial charge in [-0.05, 0) is 51.9 Å². The Hall–Kier alpha value is -0.0400. The lowest BCUT2D eigenvalue weighted by molar-refractivity contribution is -0.00648. The summed E-state index contributed by atoms with van der Waals surface area (Å²) in [5.41, 5.74) is 0.642. The Labute approximate surface area is 88.9 Å². The highest BCUT2D eigenvalue weighted by molar-refractivity contribution is 5.07. The van der Waals surface area contributed by atoms with E-state index in [9.17, 15) is 0 Å². The zero-order valence-electron chi connectivity index (χ0n) is 10.2. The van der Waals surface area contributed by atoms with Gasteiger partial charge >= 0.3 is 0 Å². The van der Waals surface area contributed by atoms with E-state index in [4.69, 9.17) is 0 Å². The standard InChI is InChI=1S/C13H25N/c1-10(2)12-6-9-13(7-5-8-13)14(12)11(3)4/h10-12H,5-9H2,1-4H3. The maximum atomic E-state index is 2.85. The van der Waals surface area contributed by atoms with E-state index in [0.29, 0.717) is 5.54 Å². The minimum Gasteiger partial charge on any atom is -0.292 e. The van der Waals surface area contributed by atoms with E-state index in [0.717, 1.165) is 18.0 Å². The average molecular weight is 195 g/mol. The third-order valence-electron chi connectivity index (χ3n) is 4.42. The second-order valence-electron chi connectivity index (χ2n) is 5.93. The van der Waals surface area contributed by atoms with E-state index < -0.39 is 0 Å². The average Bonchev–Trinajstić information content (AvgIpc) is 2.41. The van der Waals surface area contributed by atoms with Gasteiger partial charge in [0, 0.05) is 17.6 Å². The van der Waals surface area contributed by atoms with Gasteiger partial charge in [-0.25, -0.2) is 0 Å². The molecule has 1 atom stereocenters. The van der Waals surface area contributed by atoms with Crippen molar-refractivity contribution in [3.05, 3.63) is 0 Å². The van der Waals surface area contributed by atoms with Crippen LogP contribution >= 0.6 is 0 Å². The lowest BCUT2D eigenvalue weighted by Crippen LogP contribution is -2.55. The summed E-state index contributed by atoms with van der Waals surface area (Å²) in [5.74, 6) is 0.831. The van der Waals surface area contributed by atoms with Crippen LogP contribution in [0.3, 0.4) is 0 Å². The summed E-state index contributed by atoms with van der Waals surface area (Å²) in [5, 5.41) is 0. The summed E-state index contributed by atoms with van der Waals surface area (Å²) < 4.78 is 0. The highest BCUT2D eigenvalue weighted by atomic mass is 15.3. The van der Waals surface area contributed by atoms with Crippen LogP contribution in [0, 0.1) is 5.92 Å². The quantitative estimate of drug-likeness (QED) is 0.652. The summed E-state index contributed by atoms with van der Waals surface area (Å²) in [6.07, 6.45) is 7.31. The first kappa shape index (κ1) is 10.5. The fourth-order valence-corrected chi connectivity index (χ4v) is 3.71. The first-order valence-corrected chi connectivity index (χ1v) is 6.35. The van der Waals surface area contributed by atoms with E-state index >= 15 is 0 Å². The zero-order chi connectivity index (χ0) is 10.3. The van der Waals surface area contributed by atoms with Crippen molar-refractivity contribution >= 4 is 0 Å². The molecule has 0 aromatic heterocycles. The molecule has 0 aromatic carbocycles. The molecule has 0 aromatic rings. The maximum absolute atomic E-state index is 2.85. The highest BCUT2D eigenvalue weighted by Gasteiger charge is 2.51. The van der Waals surface area contributed by atoms with Gasteiger partial charge in [0.1, 0.15) is 0 Å². The van der Waals surface area contributed by atoms with Crippen molar-refractivity contribution in [1.82, 2.24) is 4.90 Å². The van der Waals surface area contributed by atoms with Crippen molar-refractivity contribution in [2.75, 3.05) is 0 Å². The summed E-state index contributed by atoms with van der Waals surface area (Å²) in [6.45, 7) is 9.52. The topological polar surface area (TPSA) is 3.24 Å². The van der Waals surface area contributed by atoms with Crippen molar-refractivity contribution < 1.29 is 0 Å². The Morgan fingerprint density at radius 2 is 1.71 bits per heavy atom.